The van der Waals surface area contributed by atoms with Gasteiger partial charge in [-0.05, 0) is 57.2 Å². The summed E-state index contributed by atoms with van der Waals surface area (Å²) in [6.07, 6.45) is -0.189. The molecule has 264 valence electrons. The van der Waals surface area contributed by atoms with Crippen molar-refractivity contribution >= 4 is 41.3 Å². The summed E-state index contributed by atoms with van der Waals surface area (Å²) in [5, 5.41) is 5.91. The Hall–Kier alpha value is -2.34. The van der Waals surface area contributed by atoms with Crippen molar-refractivity contribution in [2.45, 2.75) is 129 Å². The van der Waals surface area contributed by atoms with Crippen LogP contribution in [0, 0.1) is 0 Å². The summed E-state index contributed by atoms with van der Waals surface area (Å²) in [6, 6.07) is 31.5. The molecule has 5 nitrogen and oxygen atoms in total. The molecule has 0 saturated heterocycles. The van der Waals surface area contributed by atoms with Crippen molar-refractivity contribution < 1.29 is 18.1 Å². The molecule has 0 unspecified atom stereocenters. The fraction of sp³-hybridized carbons (Fsp3) is 0.525. The molecule has 0 fully saturated rings. The van der Waals surface area contributed by atoms with Gasteiger partial charge in [0.15, 0.2) is 8.32 Å². The Kier molecular flexibility index (Phi) is 13.1. The molecule has 48 heavy (non-hydrogen) atoms. The highest BCUT2D eigenvalue weighted by Crippen LogP contribution is 2.40. The molecule has 3 aromatic carbocycles. The minimum atomic E-state index is -2.87. The molecule has 3 aromatic rings. The van der Waals surface area contributed by atoms with Crippen LogP contribution in [0.1, 0.15) is 74.3 Å². The van der Waals surface area contributed by atoms with E-state index >= 15 is 0 Å². The summed E-state index contributed by atoms with van der Waals surface area (Å²) in [4.78, 5) is 13.9. The zero-order valence-corrected chi connectivity index (χ0v) is 35.1. The van der Waals surface area contributed by atoms with E-state index in [1.54, 1.807) is 0 Å². The summed E-state index contributed by atoms with van der Waals surface area (Å²) < 4.78 is 21.2. The maximum atomic E-state index is 13.9. The predicted octanol–water partition coefficient (Wildman–Crippen LogP) is 9.05. The van der Waals surface area contributed by atoms with E-state index in [9.17, 15) is 4.79 Å². The Labute approximate surface area is 295 Å². The van der Waals surface area contributed by atoms with Gasteiger partial charge in [0.1, 0.15) is 0 Å². The van der Waals surface area contributed by atoms with Gasteiger partial charge in [-0.3, -0.25) is 4.79 Å². The lowest BCUT2D eigenvalue weighted by Gasteiger charge is -2.46. The van der Waals surface area contributed by atoms with Crippen LogP contribution in [-0.4, -0.2) is 49.7 Å². The summed E-state index contributed by atoms with van der Waals surface area (Å²) >= 11 is 0. The number of hydrogen-bond acceptors (Lipinski definition) is 5. The number of benzene rings is 3. The quantitative estimate of drug-likeness (QED) is 0.170. The Bertz CT molecular complexity index is 1390. The molecule has 0 saturated carbocycles. The molecule has 0 aliphatic carbocycles. The number of nitrogens with one attached hydrogen (secondary N) is 1. The number of carbonyl (C=O) groups excluding carboxylic acids is 1. The van der Waals surface area contributed by atoms with Crippen molar-refractivity contribution in [2.24, 2.45) is 0 Å². The standard InChI is InChI=1S/C40H63NO4Si3/c1-38(2,3)46(10,11)44-36(31-43-48(40(7,8)9,33-25-19-15-20-26-33)34-27-21-16-22-28-34)35(41-30-32-23-17-14-18-24-32)29-37(42)45-47(12,13)39(4,5)6/h14-28,35-36,41H,29-31H2,1-13H3/t35-,36+/m0/s1. The largest absolute Gasteiger partial charge is 0.519 e. The minimum Gasteiger partial charge on any atom is -0.519 e. The van der Waals surface area contributed by atoms with Gasteiger partial charge in [-0.15, -0.1) is 0 Å². The normalized spacial score (nSPS) is 14.8. The van der Waals surface area contributed by atoms with E-state index in [0.29, 0.717) is 13.2 Å². The minimum absolute atomic E-state index is 0.0334. The number of hydrogen-bond donors (Lipinski definition) is 1. The van der Waals surface area contributed by atoms with Gasteiger partial charge in [0, 0.05) is 12.6 Å². The second-order valence-corrected chi connectivity index (χ2v) is 31.1. The molecule has 0 aliphatic rings. The third-order valence-corrected chi connectivity index (χ3v) is 24.4. The lowest BCUT2D eigenvalue weighted by molar-refractivity contribution is -0.136. The van der Waals surface area contributed by atoms with Gasteiger partial charge in [0.05, 0.1) is 19.1 Å². The van der Waals surface area contributed by atoms with Gasteiger partial charge in [0.2, 0.25) is 0 Å². The van der Waals surface area contributed by atoms with Crippen LogP contribution < -0.4 is 15.7 Å². The topological polar surface area (TPSA) is 56.8 Å². The fourth-order valence-electron chi connectivity index (χ4n) is 5.60. The van der Waals surface area contributed by atoms with Gasteiger partial charge in [-0.25, -0.2) is 0 Å². The van der Waals surface area contributed by atoms with Crippen LogP contribution in [0.15, 0.2) is 91.0 Å². The first kappa shape index (κ1) is 40.1. The Morgan fingerprint density at radius 1 is 0.646 bits per heavy atom. The SMILES string of the molecule is CC(C)(C)[Si](C)(C)OC(=O)C[C@H](NCc1ccccc1)[C@@H](CO[Si](c1ccccc1)(c1ccccc1)C(C)(C)C)O[Si](C)(C)C(C)(C)C. The number of carbonyl (C=O) groups is 1. The lowest BCUT2D eigenvalue weighted by atomic mass is 10.1. The zero-order valence-electron chi connectivity index (χ0n) is 32.1. The highest BCUT2D eigenvalue weighted by molar-refractivity contribution is 6.99. The third kappa shape index (κ3) is 9.88. The lowest BCUT2D eigenvalue weighted by Crippen LogP contribution is -2.67. The second-order valence-electron chi connectivity index (χ2n) is 17.3. The average Bonchev–Trinajstić information content (AvgIpc) is 2.98. The highest BCUT2D eigenvalue weighted by Gasteiger charge is 2.51. The van der Waals surface area contributed by atoms with E-state index in [0.717, 1.165) is 5.56 Å². The van der Waals surface area contributed by atoms with E-state index in [-0.39, 0.29) is 39.7 Å². The second kappa shape index (κ2) is 15.7. The van der Waals surface area contributed by atoms with Crippen molar-refractivity contribution in [3.63, 3.8) is 0 Å². The van der Waals surface area contributed by atoms with Crippen molar-refractivity contribution in [1.29, 1.82) is 0 Å². The molecule has 0 bridgehead atoms. The van der Waals surface area contributed by atoms with Crippen LogP contribution in [0.25, 0.3) is 0 Å². The fourth-order valence-corrected chi connectivity index (χ4v) is 12.5. The molecule has 0 heterocycles. The van der Waals surface area contributed by atoms with Gasteiger partial charge in [0.25, 0.3) is 22.6 Å². The first-order valence-corrected chi connectivity index (χ1v) is 25.3. The van der Waals surface area contributed by atoms with Crippen LogP contribution in [0.3, 0.4) is 0 Å². The molecule has 0 radical (unpaired) electrons. The van der Waals surface area contributed by atoms with Crippen LogP contribution in [0.5, 0.6) is 0 Å². The smallest absolute Gasteiger partial charge is 0.294 e. The summed E-state index contributed by atoms with van der Waals surface area (Å²) in [5.41, 5.74) is 1.15. The third-order valence-electron chi connectivity index (χ3n) is 10.6. The molecule has 2 atom stereocenters. The summed E-state index contributed by atoms with van der Waals surface area (Å²) in [6.45, 7) is 30.0. The average molecular weight is 706 g/mol. The van der Waals surface area contributed by atoms with Gasteiger partial charge in [-0.1, -0.05) is 153 Å². The molecule has 0 amide bonds. The summed E-state index contributed by atoms with van der Waals surface area (Å²) in [7, 11) is -7.51. The molecular weight excluding hydrogens is 643 g/mol. The van der Waals surface area contributed by atoms with Crippen molar-refractivity contribution in [2.75, 3.05) is 6.61 Å². The highest BCUT2D eigenvalue weighted by atomic mass is 28.4. The maximum Gasteiger partial charge on any atom is 0.294 e. The van der Waals surface area contributed by atoms with Crippen LogP contribution in [-0.2, 0) is 24.6 Å². The Morgan fingerprint density at radius 3 is 1.50 bits per heavy atom. The first-order valence-electron chi connectivity index (χ1n) is 17.5. The molecule has 1 N–H and O–H groups in total. The van der Waals surface area contributed by atoms with E-state index in [2.05, 4.69) is 167 Å². The van der Waals surface area contributed by atoms with Gasteiger partial charge >= 0.3 is 0 Å². The van der Waals surface area contributed by atoms with E-state index < -0.39 is 25.0 Å². The first-order chi connectivity index (χ1) is 22.1. The molecule has 0 spiro atoms. The Balaban J connectivity index is 2.13. The molecule has 3 rings (SSSR count). The predicted molar refractivity (Wildman–Crippen MR) is 211 cm³/mol. The van der Waals surface area contributed by atoms with E-state index in [4.69, 9.17) is 13.3 Å². The van der Waals surface area contributed by atoms with Crippen molar-refractivity contribution in [3.05, 3.63) is 96.6 Å². The molecular formula is C40H63NO4Si3. The molecule has 0 aliphatic heterocycles. The van der Waals surface area contributed by atoms with E-state index in [1.807, 2.05) is 18.2 Å². The number of rotatable bonds is 14. The van der Waals surface area contributed by atoms with Gasteiger partial charge in [-0.2, -0.15) is 0 Å². The van der Waals surface area contributed by atoms with E-state index in [1.165, 1.54) is 10.4 Å². The maximum absolute atomic E-state index is 13.9. The van der Waals surface area contributed by atoms with Crippen LogP contribution >= 0.6 is 0 Å². The van der Waals surface area contributed by atoms with Crippen LogP contribution in [0.4, 0.5) is 0 Å². The Morgan fingerprint density at radius 2 is 1.08 bits per heavy atom. The zero-order chi connectivity index (χ0) is 36.0. The van der Waals surface area contributed by atoms with Gasteiger partial charge < -0.3 is 18.6 Å². The molecule has 0 aromatic heterocycles. The summed E-state index contributed by atoms with van der Waals surface area (Å²) in [5.74, 6) is -0.179. The van der Waals surface area contributed by atoms with Crippen LogP contribution in [0.2, 0.25) is 41.3 Å². The van der Waals surface area contributed by atoms with Crippen molar-refractivity contribution in [1.82, 2.24) is 5.32 Å². The monoisotopic (exact) mass is 705 g/mol. The van der Waals surface area contributed by atoms with Crippen molar-refractivity contribution in [3.8, 4) is 0 Å². The molecule has 8 heteroatoms.